The topological polar surface area (TPSA) is 119 Å². The molecule has 1 atom stereocenters. The van der Waals surface area contributed by atoms with Crippen LogP contribution >= 0.6 is 0 Å². The van der Waals surface area contributed by atoms with E-state index in [4.69, 9.17) is 5.73 Å². The number of sulfone groups is 1. The Morgan fingerprint density at radius 3 is 2.18 bits per heavy atom. The highest BCUT2D eigenvalue weighted by molar-refractivity contribution is 7.91. The monoisotopic (exact) mass is 562 g/mol. The third-order valence-corrected chi connectivity index (χ3v) is 9.31. The van der Waals surface area contributed by atoms with E-state index >= 15 is 0 Å². The average Bonchev–Trinajstić information content (AvgIpc) is 3.28. The van der Waals surface area contributed by atoms with E-state index in [2.05, 4.69) is 5.10 Å². The van der Waals surface area contributed by atoms with Crippen LogP contribution < -0.4 is 10.6 Å². The second-order valence-electron chi connectivity index (χ2n) is 10.2. The first-order valence-electron chi connectivity index (χ1n) is 12.7. The number of carbonyl (C=O) groups excluding carboxylic acids is 1. The number of aliphatic hydroxyl groups excluding tert-OH is 1. The molecule has 2 aromatic carbocycles. The quantitative estimate of drug-likeness (QED) is 0.476. The Kier molecular flexibility index (Phi) is 6.96. The normalized spacial score (nSPS) is 22.5. The molecule has 3 N–H and O–H groups in total. The van der Waals surface area contributed by atoms with Gasteiger partial charge in [-0.3, -0.25) is 4.79 Å². The van der Waals surface area contributed by atoms with E-state index in [-0.39, 0.29) is 42.2 Å². The number of anilines is 1. The Morgan fingerprint density at radius 2 is 1.62 bits per heavy atom. The minimum absolute atomic E-state index is 0.0413. The molecule has 1 aromatic heterocycles. The van der Waals surface area contributed by atoms with Crippen molar-refractivity contribution < 1.29 is 31.5 Å². The molecular formula is C27H29F3N4O4S. The average molecular weight is 563 g/mol. The zero-order valence-corrected chi connectivity index (χ0v) is 21.9. The van der Waals surface area contributed by atoms with Crippen LogP contribution in [0.3, 0.4) is 0 Å². The SMILES string of the molecule is NC(=O)C1(c2nn(-c3ccc(F)cc3)c(CO)c2-c2ccc(N3CCS(=O)(=O)CC3)cc2)CCCC(F)(F)C1. The molecule has 2 fully saturated rings. The summed E-state index contributed by atoms with van der Waals surface area (Å²) in [5, 5.41) is 15.0. The number of halogens is 3. The van der Waals surface area contributed by atoms with Gasteiger partial charge >= 0.3 is 0 Å². The molecule has 12 heteroatoms. The molecule has 208 valence electrons. The minimum atomic E-state index is -3.14. The van der Waals surface area contributed by atoms with Gasteiger partial charge in [-0.05, 0) is 54.8 Å². The highest BCUT2D eigenvalue weighted by Crippen LogP contribution is 2.49. The number of aromatic nitrogens is 2. The Hall–Kier alpha value is -3.38. The second-order valence-corrected chi connectivity index (χ2v) is 12.5. The predicted octanol–water partition coefficient (Wildman–Crippen LogP) is 3.34. The van der Waals surface area contributed by atoms with E-state index < -0.39 is 45.9 Å². The first kappa shape index (κ1) is 27.2. The number of aliphatic hydroxyl groups is 1. The lowest BCUT2D eigenvalue weighted by Gasteiger charge is -2.37. The molecule has 39 heavy (non-hydrogen) atoms. The molecular weight excluding hydrogens is 533 g/mol. The van der Waals surface area contributed by atoms with E-state index in [1.807, 2.05) is 4.90 Å². The Labute approximate surface area is 224 Å². The molecule has 1 amide bonds. The summed E-state index contributed by atoms with van der Waals surface area (Å²) in [6.45, 7) is 0.144. The van der Waals surface area contributed by atoms with Crippen LogP contribution in [0.1, 0.15) is 37.1 Å². The molecule has 2 heterocycles. The zero-order chi connectivity index (χ0) is 28.0. The van der Waals surface area contributed by atoms with Crippen molar-refractivity contribution in [1.82, 2.24) is 9.78 Å². The van der Waals surface area contributed by atoms with Crippen LogP contribution in [0, 0.1) is 5.82 Å². The fourth-order valence-electron chi connectivity index (χ4n) is 5.64. The van der Waals surface area contributed by atoms with Crippen molar-refractivity contribution in [2.24, 2.45) is 5.73 Å². The van der Waals surface area contributed by atoms with E-state index in [1.54, 1.807) is 24.3 Å². The van der Waals surface area contributed by atoms with Gasteiger partial charge in [-0.2, -0.15) is 5.10 Å². The van der Waals surface area contributed by atoms with Gasteiger partial charge in [0, 0.05) is 37.2 Å². The lowest BCUT2D eigenvalue weighted by atomic mass is 9.68. The molecule has 0 bridgehead atoms. The van der Waals surface area contributed by atoms with Crippen molar-refractivity contribution >= 4 is 21.4 Å². The molecule has 8 nitrogen and oxygen atoms in total. The van der Waals surface area contributed by atoms with Gasteiger partial charge < -0.3 is 15.7 Å². The fourth-order valence-corrected chi connectivity index (χ4v) is 6.84. The number of nitrogens with zero attached hydrogens (tertiary/aromatic N) is 3. The summed E-state index contributed by atoms with van der Waals surface area (Å²) in [4.78, 5) is 14.9. The maximum Gasteiger partial charge on any atom is 0.249 e. The van der Waals surface area contributed by atoms with Crippen LogP contribution in [0.4, 0.5) is 18.9 Å². The molecule has 0 radical (unpaired) electrons. The molecule has 5 rings (SSSR count). The van der Waals surface area contributed by atoms with Crippen molar-refractivity contribution in [3.8, 4) is 16.8 Å². The smallest absolute Gasteiger partial charge is 0.249 e. The summed E-state index contributed by atoms with van der Waals surface area (Å²) >= 11 is 0. The van der Waals surface area contributed by atoms with Crippen molar-refractivity contribution in [2.45, 2.75) is 43.6 Å². The second kappa shape index (κ2) is 9.98. The maximum absolute atomic E-state index is 14.8. The van der Waals surface area contributed by atoms with Gasteiger partial charge in [-0.15, -0.1) is 0 Å². The van der Waals surface area contributed by atoms with Crippen molar-refractivity contribution in [2.75, 3.05) is 29.5 Å². The molecule has 2 aliphatic rings. The van der Waals surface area contributed by atoms with Crippen LogP contribution in [-0.2, 0) is 26.7 Å². The van der Waals surface area contributed by atoms with Gasteiger partial charge in [-0.1, -0.05) is 12.1 Å². The molecule has 3 aromatic rings. The van der Waals surface area contributed by atoms with E-state index in [9.17, 15) is 31.5 Å². The largest absolute Gasteiger partial charge is 0.390 e. The van der Waals surface area contributed by atoms with Gasteiger partial charge in [0.25, 0.3) is 0 Å². The number of rotatable bonds is 6. The first-order chi connectivity index (χ1) is 18.4. The molecule has 1 saturated carbocycles. The third kappa shape index (κ3) is 5.14. The lowest BCUT2D eigenvalue weighted by Crippen LogP contribution is -2.49. The summed E-state index contributed by atoms with van der Waals surface area (Å²) < 4.78 is 68.2. The number of nitrogens with two attached hydrogens (primary N) is 1. The van der Waals surface area contributed by atoms with Gasteiger partial charge in [0.05, 0.1) is 40.6 Å². The van der Waals surface area contributed by atoms with Crippen molar-refractivity contribution in [1.29, 1.82) is 0 Å². The first-order valence-corrected chi connectivity index (χ1v) is 14.5. The van der Waals surface area contributed by atoms with Gasteiger partial charge in [0.15, 0.2) is 9.84 Å². The Balaban J connectivity index is 1.66. The number of benzene rings is 2. The van der Waals surface area contributed by atoms with Gasteiger partial charge in [-0.25, -0.2) is 26.3 Å². The summed E-state index contributed by atoms with van der Waals surface area (Å²) in [6.07, 6.45) is -1.06. The highest BCUT2D eigenvalue weighted by Gasteiger charge is 2.53. The minimum Gasteiger partial charge on any atom is -0.390 e. The molecule has 0 spiro atoms. The lowest BCUT2D eigenvalue weighted by molar-refractivity contribution is -0.133. The fraction of sp³-hybridized carbons (Fsp3) is 0.407. The van der Waals surface area contributed by atoms with Crippen molar-refractivity contribution in [3.63, 3.8) is 0 Å². The maximum atomic E-state index is 14.8. The predicted molar refractivity (Wildman–Crippen MR) is 140 cm³/mol. The van der Waals surface area contributed by atoms with Crippen LogP contribution in [0.15, 0.2) is 48.5 Å². The van der Waals surface area contributed by atoms with Crippen LogP contribution in [0.5, 0.6) is 0 Å². The number of amides is 1. The summed E-state index contributed by atoms with van der Waals surface area (Å²) in [6, 6.07) is 12.3. The summed E-state index contributed by atoms with van der Waals surface area (Å²) in [7, 11) is -3.06. The standard InChI is InChI=1S/C27H29F3N4O4S/c28-19-4-8-21(9-5-19)34-22(16-35)23(24(32-34)26(25(31)36)10-1-11-27(29,30)17-26)18-2-6-20(7-3-18)33-12-14-39(37,38)15-13-33/h2-9,35H,1,10-17H2,(H2,31,36). The number of alkyl halides is 2. The van der Waals surface area contributed by atoms with Gasteiger partial charge in [0.2, 0.25) is 11.8 Å². The molecule has 1 aliphatic carbocycles. The number of primary amides is 1. The zero-order valence-electron chi connectivity index (χ0n) is 21.1. The van der Waals surface area contributed by atoms with Crippen LogP contribution in [0.2, 0.25) is 0 Å². The van der Waals surface area contributed by atoms with E-state index in [0.717, 1.165) is 5.69 Å². The number of carbonyl (C=O) groups is 1. The van der Waals surface area contributed by atoms with Crippen LogP contribution in [-0.4, -0.2) is 59.7 Å². The summed E-state index contributed by atoms with van der Waals surface area (Å²) in [5.74, 6) is -4.45. The summed E-state index contributed by atoms with van der Waals surface area (Å²) in [5.41, 5.74) is 6.29. The van der Waals surface area contributed by atoms with Gasteiger partial charge in [0.1, 0.15) is 5.82 Å². The third-order valence-electron chi connectivity index (χ3n) is 7.70. The van der Waals surface area contributed by atoms with E-state index in [0.29, 0.717) is 29.9 Å². The van der Waals surface area contributed by atoms with Crippen LogP contribution in [0.25, 0.3) is 16.8 Å². The number of hydrogen-bond donors (Lipinski definition) is 2. The molecule has 1 unspecified atom stereocenters. The Morgan fingerprint density at radius 1 is 1.00 bits per heavy atom. The highest BCUT2D eigenvalue weighted by atomic mass is 32.2. The van der Waals surface area contributed by atoms with E-state index in [1.165, 1.54) is 28.9 Å². The molecule has 1 aliphatic heterocycles. The van der Waals surface area contributed by atoms with Crippen molar-refractivity contribution in [3.05, 3.63) is 65.7 Å². The number of hydrogen-bond acceptors (Lipinski definition) is 6. The Bertz CT molecular complexity index is 1480. The molecule has 1 saturated heterocycles.